The van der Waals surface area contributed by atoms with Crippen molar-refractivity contribution in [2.45, 2.75) is 6.42 Å². The average molecular weight is 364 g/mol. The van der Waals surface area contributed by atoms with Crippen molar-refractivity contribution >= 4 is 17.8 Å². The zero-order valence-corrected chi connectivity index (χ0v) is 14.1. The number of carboxylic acids is 2. The highest BCUT2D eigenvalue weighted by atomic mass is 19.1. The minimum Gasteiger partial charge on any atom is -0.478 e. The van der Waals surface area contributed by atoms with Crippen LogP contribution >= 0.6 is 0 Å². The van der Waals surface area contributed by atoms with Gasteiger partial charge >= 0.3 is 11.9 Å². The minimum atomic E-state index is -1.26. The number of rotatable bonds is 3. The van der Waals surface area contributed by atoms with Crippen LogP contribution in [0.2, 0.25) is 0 Å². The molecule has 140 valence electrons. The fourth-order valence-electron chi connectivity index (χ4n) is 3.22. The van der Waals surface area contributed by atoms with Gasteiger partial charge in [-0.25, -0.2) is 14.0 Å². The first-order chi connectivity index (χ1) is 12.3. The predicted octanol–water partition coefficient (Wildman–Crippen LogP) is 1.22. The van der Waals surface area contributed by atoms with Crippen LogP contribution in [0, 0.1) is 17.7 Å². The van der Waals surface area contributed by atoms with Crippen LogP contribution in [-0.4, -0.2) is 59.1 Å². The third-order valence-corrected chi connectivity index (χ3v) is 4.22. The van der Waals surface area contributed by atoms with Crippen molar-refractivity contribution in [1.82, 2.24) is 10.2 Å². The van der Waals surface area contributed by atoms with Crippen LogP contribution in [-0.2, 0) is 9.59 Å². The molecule has 3 rings (SSSR count). The maximum atomic E-state index is 13.1. The number of piperidine rings is 2. The molecular formula is C18H21FN2O5. The highest BCUT2D eigenvalue weighted by Gasteiger charge is 2.32. The van der Waals surface area contributed by atoms with Gasteiger partial charge in [-0.2, -0.15) is 0 Å². The number of likely N-dealkylation sites (tertiary alicyclic amines) is 1. The lowest BCUT2D eigenvalue weighted by molar-refractivity contribution is -0.134. The fourth-order valence-corrected chi connectivity index (χ4v) is 3.22. The second-order valence-corrected chi connectivity index (χ2v) is 6.36. The molecule has 2 fully saturated rings. The molecule has 3 N–H and O–H groups in total. The summed E-state index contributed by atoms with van der Waals surface area (Å²) in [5.41, 5.74) is 0.461. The Morgan fingerprint density at radius 3 is 2.15 bits per heavy atom. The van der Waals surface area contributed by atoms with E-state index in [0.717, 1.165) is 26.2 Å². The van der Waals surface area contributed by atoms with Crippen LogP contribution in [0.3, 0.4) is 0 Å². The smallest absolute Gasteiger partial charge is 0.328 e. The Labute approximate surface area is 150 Å². The molecule has 2 atom stereocenters. The molecule has 2 heterocycles. The molecule has 2 aliphatic rings. The molecule has 8 heteroatoms. The Hall–Kier alpha value is -2.74. The van der Waals surface area contributed by atoms with Crippen molar-refractivity contribution < 1.29 is 29.0 Å². The van der Waals surface area contributed by atoms with Gasteiger partial charge in [0.25, 0.3) is 5.91 Å². The van der Waals surface area contributed by atoms with Gasteiger partial charge in [-0.05, 0) is 49.5 Å². The first-order valence-electron chi connectivity index (χ1n) is 8.24. The molecule has 2 bridgehead atoms. The summed E-state index contributed by atoms with van der Waals surface area (Å²) in [6.07, 6.45) is 2.32. The molecular weight excluding hydrogens is 343 g/mol. The lowest BCUT2D eigenvalue weighted by Gasteiger charge is -2.41. The number of aliphatic carboxylic acids is 2. The number of carboxylic acid groups (broad SMARTS) is 2. The van der Waals surface area contributed by atoms with E-state index in [1.165, 1.54) is 18.6 Å². The van der Waals surface area contributed by atoms with Crippen LogP contribution in [0.1, 0.15) is 16.8 Å². The van der Waals surface area contributed by atoms with E-state index in [-0.39, 0.29) is 11.7 Å². The first-order valence-corrected chi connectivity index (χ1v) is 8.24. The maximum Gasteiger partial charge on any atom is 0.328 e. The van der Waals surface area contributed by atoms with Gasteiger partial charge in [-0.1, -0.05) is 6.07 Å². The summed E-state index contributed by atoms with van der Waals surface area (Å²) < 4.78 is 13.1. The summed E-state index contributed by atoms with van der Waals surface area (Å²) in [4.78, 5) is 33.3. The molecule has 0 unspecified atom stereocenters. The highest BCUT2D eigenvalue weighted by molar-refractivity contribution is 5.94. The monoisotopic (exact) mass is 364 g/mol. The summed E-state index contributed by atoms with van der Waals surface area (Å²) in [5, 5.41) is 19.0. The number of nitrogens with one attached hydrogen (secondary N) is 1. The van der Waals surface area contributed by atoms with E-state index in [4.69, 9.17) is 10.2 Å². The summed E-state index contributed by atoms with van der Waals surface area (Å²) in [7, 11) is 0. The van der Waals surface area contributed by atoms with Crippen molar-refractivity contribution in [1.29, 1.82) is 0 Å². The molecule has 0 radical (unpaired) electrons. The van der Waals surface area contributed by atoms with E-state index in [0.29, 0.717) is 29.6 Å². The van der Waals surface area contributed by atoms with Crippen molar-refractivity contribution in [3.05, 3.63) is 47.8 Å². The number of hydrogen-bond acceptors (Lipinski definition) is 4. The van der Waals surface area contributed by atoms with Crippen LogP contribution in [0.25, 0.3) is 0 Å². The molecule has 1 amide bonds. The van der Waals surface area contributed by atoms with Gasteiger partial charge in [0, 0.05) is 30.8 Å². The van der Waals surface area contributed by atoms with Gasteiger partial charge in [0.05, 0.1) is 0 Å². The standard InChI is InChI=1S/C14H17FN2O.C4H4O4/c15-13-3-1-2-12(5-13)14(18)17-8-10-4-11(9-17)7-16-6-10;5-3(6)1-2-4(7)8/h1-3,5,10-11,16H,4,6-9H2;1-2H,(H,5,6)(H,7,8)/b;2-1+/t10-,11+;. The largest absolute Gasteiger partial charge is 0.478 e. The Kier molecular flexibility index (Phi) is 6.85. The topological polar surface area (TPSA) is 107 Å². The number of halogens is 1. The normalized spacial score (nSPS) is 21.7. The van der Waals surface area contributed by atoms with E-state index in [9.17, 15) is 18.8 Å². The maximum absolute atomic E-state index is 13.1. The lowest BCUT2D eigenvalue weighted by atomic mass is 9.85. The van der Waals surface area contributed by atoms with Crippen molar-refractivity contribution in [2.24, 2.45) is 11.8 Å². The summed E-state index contributed by atoms with van der Waals surface area (Å²) in [6, 6.07) is 5.97. The van der Waals surface area contributed by atoms with Gasteiger partial charge < -0.3 is 20.4 Å². The number of carbonyl (C=O) groups is 3. The molecule has 1 aromatic rings. The van der Waals surface area contributed by atoms with Gasteiger partial charge in [0.15, 0.2) is 0 Å². The molecule has 2 saturated heterocycles. The highest BCUT2D eigenvalue weighted by Crippen LogP contribution is 2.25. The van der Waals surface area contributed by atoms with Crippen molar-refractivity contribution in [2.75, 3.05) is 26.2 Å². The SMILES string of the molecule is O=C(O)/C=C/C(=O)O.O=C(c1cccc(F)c1)N1C[C@@H]2CNC[C@@H](C2)C1. The molecule has 2 aliphatic heterocycles. The second kappa shape index (κ2) is 9.10. The summed E-state index contributed by atoms with van der Waals surface area (Å²) in [5.74, 6) is -1.80. The number of hydrogen-bond donors (Lipinski definition) is 3. The third kappa shape index (κ3) is 5.96. The quantitative estimate of drug-likeness (QED) is 0.696. The van der Waals surface area contributed by atoms with Gasteiger partial charge in [0.2, 0.25) is 0 Å². The Balaban J connectivity index is 0.000000260. The molecule has 26 heavy (non-hydrogen) atoms. The lowest BCUT2D eigenvalue weighted by Crippen LogP contribution is -2.52. The number of carbonyl (C=O) groups excluding carboxylic acids is 1. The van der Waals surface area contributed by atoms with Crippen LogP contribution in [0.5, 0.6) is 0 Å². The van der Waals surface area contributed by atoms with Crippen LogP contribution in [0.4, 0.5) is 4.39 Å². The average Bonchev–Trinajstić information content (AvgIpc) is 2.59. The Bertz CT molecular complexity index is 679. The van der Waals surface area contributed by atoms with E-state index in [2.05, 4.69) is 5.32 Å². The van der Waals surface area contributed by atoms with Crippen LogP contribution in [0.15, 0.2) is 36.4 Å². The van der Waals surface area contributed by atoms with Crippen LogP contribution < -0.4 is 5.32 Å². The molecule has 1 aromatic carbocycles. The van der Waals surface area contributed by atoms with E-state index in [1.54, 1.807) is 12.1 Å². The minimum absolute atomic E-state index is 0.0360. The Morgan fingerprint density at radius 1 is 1.08 bits per heavy atom. The first kappa shape index (κ1) is 19.6. The zero-order valence-electron chi connectivity index (χ0n) is 14.1. The second-order valence-electron chi connectivity index (χ2n) is 6.36. The van der Waals surface area contributed by atoms with E-state index >= 15 is 0 Å². The van der Waals surface area contributed by atoms with E-state index in [1.807, 2.05) is 4.90 Å². The number of amides is 1. The summed E-state index contributed by atoms with van der Waals surface area (Å²) >= 11 is 0. The number of nitrogens with zero attached hydrogens (tertiary/aromatic N) is 1. The fraction of sp³-hybridized carbons (Fsp3) is 0.389. The van der Waals surface area contributed by atoms with Crippen molar-refractivity contribution in [3.63, 3.8) is 0 Å². The molecule has 7 nitrogen and oxygen atoms in total. The molecule has 0 aliphatic carbocycles. The van der Waals surface area contributed by atoms with Gasteiger partial charge in [-0.15, -0.1) is 0 Å². The van der Waals surface area contributed by atoms with Gasteiger partial charge in [0.1, 0.15) is 5.82 Å². The number of fused-ring (bicyclic) bond motifs is 2. The molecule has 0 spiro atoms. The molecule has 0 saturated carbocycles. The van der Waals surface area contributed by atoms with Crippen molar-refractivity contribution in [3.8, 4) is 0 Å². The molecule has 0 aromatic heterocycles. The third-order valence-electron chi connectivity index (χ3n) is 4.22. The zero-order chi connectivity index (χ0) is 19.1. The summed E-state index contributed by atoms with van der Waals surface area (Å²) in [6.45, 7) is 3.56. The Morgan fingerprint density at radius 2 is 1.65 bits per heavy atom. The number of benzene rings is 1. The van der Waals surface area contributed by atoms with Gasteiger partial charge in [-0.3, -0.25) is 4.79 Å². The van der Waals surface area contributed by atoms with E-state index < -0.39 is 11.9 Å². The predicted molar refractivity (Wildman–Crippen MR) is 91.2 cm³/mol.